The summed E-state index contributed by atoms with van der Waals surface area (Å²) in [5.74, 6) is -0.833. The Morgan fingerprint density at radius 1 is 1.69 bits per heavy atom. The van der Waals surface area contributed by atoms with Crippen LogP contribution in [0.25, 0.3) is 0 Å². The SMILES string of the molecule is NC(CC(=O)O)CN1CCCC1=O. The quantitative estimate of drug-likeness (QED) is 0.614. The Balaban J connectivity index is 2.30. The van der Waals surface area contributed by atoms with E-state index in [2.05, 4.69) is 0 Å². The average Bonchev–Trinajstić information content (AvgIpc) is 2.34. The standard InChI is InChI=1S/C8H14N2O3/c9-6(4-8(12)13)5-10-3-1-2-7(10)11/h6H,1-5,9H2,(H,12,13). The third-order valence-corrected chi connectivity index (χ3v) is 2.06. The average molecular weight is 186 g/mol. The Morgan fingerprint density at radius 2 is 2.38 bits per heavy atom. The molecule has 5 heteroatoms. The third-order valence-electron chi connectivity index (χ3n) is 2.06. The first kappa shape index (κ1) is 9.98. The molecule has 0 saturated carbocycles. The number of nitrogens with two attached hydrogens (primary N) is 1. The highest BCUT2D eigenvalue weighted by Crippen LogP contribution is 2.09. The van der Waals surface area contributed by atoms with E-state index in [9.17, 15) is 9.59 Å². The van der Waals surface area contributed by atoms with Crippen molar-refractivity contribution in [3.63, 3.8) is 0 Å². The molecule has 1 heterocycles. The minimum atomic E-state index is -0.917. The number of carbonyl (C=O) groups excluding carboxylic acids is 1. The molecule has 5 nitrogen and oxygen atoms in total. The molecule has 0 aromatic carbocycles. The first-order chi connectivity index (χ1) is 6.09. The van der Waals surface area contributed by atoms with Crippen molar-refractivity contribution in [3.05, 3.63) is 0 Å². The maximum atomic E-state index is 11.1. The van der Waals surface area contributed by atoms with E-state index in [1.165, 1.54) is 0 Å². The molecule has 13 heavy (non-hydrogen) atoms. The molecular formula is C8H14N2O3. The highest BCUT2D eigenvalue weighted by molar-refractivity contribution is 5.78. The van der Waals surface area contributed by atoms with Crippen LogP contribution in [0.3, 0.4) is 0 Å². The van der Waals surface area contributed by atoms with E-state index >= 15 is 0 Å². The molecule has 0 aromatic heterocycles. The molecule has 0 spiro atoms. The molecule has 1 aliphatic rings. The van der Waals surface area contributed by atoms with Gasteiger partial charge in [0.05, 0.1) is 6.42 Å². The molecule has 1 amide bonds. The third kappa shape index (κ3) is 3.02. The second kappa shape index (κ2) is 4.23. The lowest BCUT2D eigenvalue weighted by atomic mass is 10.2. The molecular weight excluding hydrogens is 172 g/mol. The van der Waals surface area contributed by atoms with Crippen LogP contribution in [-0.4, -0.2) is 41.0 Å². The summed E-state index contributed by atoms with van der Waals surface area (Å²) in [7, 11) is 0. The number of amides is 1. The maximum absolute atomic E-state index is 11.1. The van der Waals surface area contributed by atoms with E-state index in [1.807, 2.05) is 0 Å². The Bertz CT molecular complexity index is 217. The predicted molar refractivity (Wildman–Crippen MR) is 46.0 cm³/mol. The summed E-state index contributed by atoms with van der Waals surface area (Å²) >= 11 is 0. The number of nitrogens with zero attached hydrogens (tertiary/aromatic N) is 1. The van der Waals surface area contributed by atoms with Crippen molar-refractivity contribution in [2.24, 2.45) is 5.73 Å². The fraction of sp³-hybridized carbons (Fsp3) is 0.750. The van der Waals surface area contributed by atoms with E-state index in [4.69, 9.17) is 10.8 Å². The van der Waals surface area contributed by atoms with Gasteiger partial charge in [-0.3, -0.25) is 9.59 Å². The van der Waals surface area contributed by atoms with Gasteiger partial charge in [-0.1, -0.05) is 0 Å². The molecule has 0 aromatic rings. The van der Waals surface area contributed by atoms with Crippen molar-refractivity contribution in [1.29, 1.82) is 0 Å². The van der Waals surface area contributed by atoms with E-state index in [0.29, 0.717) is 19.5 Å². The number of likely N-dealkylation sites (tertiary alicyclic amines) is 1. The van der Waals surface area contributed by atoms with E-state index < -0.39 is 12.0 Å². The number of hydrogen-bond donors (Lipinski definition) is 2. The summed E-state index contributed by atoms with van der Waals surface area (Å²) in [6.07, 6.45) is 1.35. The van der Waals surface area contributed by atoms with Gasteiger partial charge in [0, 0.05) is 25.6 Å². The smallest absolute Gasteiger partial charge is 0.304 e. The Labute approximate surface area is 76.5 Å². The van der Waals surface area contributed by atoms with Gasteiger partial charge in [0.2, 0.25) is 5.91 Å². The Kier molecular flexibility index (Phi) is 3.25. The van der Waals surface area contributed by atoms with Crippen molar-refractivity contribution < 1.29 is 14.7 Å². The van der Waals surface area contributed by atoms with Crippen molar-refractivity contribution in [1.82, 2.24) is 4.90 Å². The van der Waals surface area contributed by atoms with Gasteiger partial charge in [-0.25, -0.2) is 0 Å². The second-order valence-corrected chi connectivity index (χ2v) is 3.30. The van der Waals surface area contributed by atoms with Gasteiger partial charge in [-0.05, 0) is 6.42 Å². The molecule has 3 N–H and O–H groups in total. The molecule has 1 fully saturated rings. The molecule has 0 aliphatic carbocycles. The minimum Gasteiger partial charge on any atom is -0.481 e. The normalized spacial score (nSPS) is 19.2. The van der Waals surface area contributed by atoms with E-state index in [0.717, 1.165) is 6.42 Å². The van der Waals surface area contributed by atoms with Gasteiger partial charge in [-0.15, -0.1) is 0 Å². The van der Waals surface area contributed by atoms with Crippen LogP contribution >= 0.6 is 0 Å². The van der Waals surface area contributed by atoms with Crippen LogP contribution in [0.1, 0.15) is 19.3 Å². The van der Waals surface area contributed by atoms with Crippen molar-refractivity contribution in [2.75, 3.05) is 13.1 Å². The van der Waals surface area contributed by atoms with Crippen LogP contribution in [-0.2, 0) is 9.59 Å². The fourth-order valence-corrected chi connectivity index (χ4v) is 1.47. The number of hydrogen-bond acceptors (Lipinski definition) is 3. The lowest BCUT2D eigenvalue weighted by Gasteiger charge is -2.19. The van der Waals surface area contributed by atoms with Crippen LogP contribution in [0.5, 0.6) is 0 Å². The predicted octanol–water partition coefficient (Wildman–Crippen LogP) is -0.589. The Hall–Kier alpha value is -1.10. The van der Waals surface area contributed by atoms with Gasteiger partial charge >= 0.3 is 5.97 Å². The van der Waals surface area contributed by atoms with Crippen molar-refractivity contribution in [2.45, 2.75) is 25.3 Å². The first-order valence-corrected chi connectivity index (χ1v) is 4.34. The zero-order chi connectivity index (χ0) is 9.84. The summed E-state index contributed by atoms with van der Waals surface area (Å²) in [5.41, 5.74) is 5.54. The van der Waals surface area contributed by atoms with E-state index in [-0.39, 0.29) is 12.3 Å². The number of rotatable bonds is 4. The van der Waals surface area contributed by atoms with Crippen LogP contribution in [0.4, 0.5) is 0 Å². The monoisotopic (exact) mass is 186 g/mol. The summed E-state index contributed by atoms with van der Waals surface area (Å²) < 4.78 is 0. The number of carboxylic acids is 1. The van der Waals surface area contributed by atoms with Crippen LogP contribution in [0.2, 0.25) is 0 Å². The topological polar surface area (TPSA) is 83.6 Å². The molecule has 0 radical (unpaired) electrons. The summed E-state index contributed by atoms with van der Waals surface area (Å²) in [6.45, 7) is 1.08. The zero-order valence-electron chi connectivity index (χ0n) is 7.40. The van der Waals surface area contributed by atoms with Gasteiger partial charge in [0.1, 0.15) is 0 Å². The summed E-state index contributed by atoms with van der Waals surface area (Å²) in [4.78, 5) is 23.0. The molecule has 1 unspecified atom stereocenters. The van der Waals surface area contributed by atoms with Crippen LogP contribution in [0, 0.1) is 0 Å². The number of aliphatic carboxylic acids is 1. The highest BCUT2D eigenvalue weighted by atomic mass is 16.4. The fourth-order valence-electron chi connectivity index (χ4n) is 1.47. The Morgan fingerprint density at radius 3 is 2.85 bits per heavy atom. The van der Waals surface area contributed by atoms with Crippen molar-refractivity contribution in [3.8, 4) is 0 Å². The lowest BCUT2D eigenvalue weighted by Crippen LogP contribution is -2.39. The summed E-state index contributed by atoms with van der Waals surface area (Å²) in [5, 5.41) is 8.44. The van der Waals surface area contributed by atoms with Gasteiger partial charge in [0.25, 0.3) is 0 Å². The van der Waals surface area contributed by atoms with Gasteiger partial charge in [0.15, 0.2) is 0 Å². The largest absolute Gasteiger partial charge is 0.481 e. The van der Waals surface area contributed by atoms with Crippen LogP contribution < -0.4 is 5.73 Å². The summed E-state index contributed by atoms with van der Waals surface area (Å²) in [6, 6.07) is -0.445. The van der Waals surface area contributed by atoms with Gasteiger partial charge < -0.3 is 15.7 Å². The molecule has 1 aliphatic heterocycles. The zero-order valence-corrected chi connectivity index (χ0v) is 7.40. The number of carboxylic acid groups (broad SMARTS) is 1. The molecule has 1 rings (SSSR count). The highest BCUT2D eigenvalue weighted by Gasteiger charge is 2.22. The maximum Gasteiger partial charge on any atom is 0.304 e. The number of carbonyl (C=O) groups is 2. The first-order valence-electron chi connectivity index (χ1n) is 4.34. The molecule has 0 bridgehead atoms. The molecule has 1 atom stereocenters. The van der Waals surface area contributed by atoms with Crippen LogP contribution in [0.15, 0.2) is 0 Å². The van der Waals surface area contributed by atoms with Gasteiger partial charge in [-0.2, -0.15) is 0 Å². The minimum absolute atomic E-state index is 0.0796. The lowest BCUT2D eigenvalue weighted by molar-refractivity contribution is -0.138. The second-order valence-electron chi connectivity index (χ2n) is 3.30. The molecule has 1 saturated heterocycles. The van der Waals surface area contributed by atoms with E-state index in [1.54, 1.807) is 4.90 Å². The van der Waals surface area contributed by atoms with Crippen molar-refractivity contribution >= 4 is 11.9 Å². The molecule has 74 valence electrons.